The minimum Gasteiger partial charge on any atom is -0.481 e. The summed E-state index contributed by atoms with van der Waals surface area (Å²) in [5.74, 6) is 1.64. The first-order chi connectivity index (χ1) is 13.2. The molecule has 28 heavy (non-hydrogen) atoms. The average Bonchev–Trinajstić information content (AvgIpc) is 3.00. The van der Waals surface area contributed by atoms with E-state index in [9.17, 15) is 14.7 Å². The maximum Gasteiger partial charge on any atom is 0.303 e. The lowest BCUT2D eigenvalue weighted by atomic mass is 9.49. The summed E-state index contributed by atoms with van der Waals surface area (Å²) in [7, 11) is 3.11. The van der Waals surface area contributed by atoms with Gasteiger partial charge in [-0.25, -0.2) is 0 Å². The van der Waals surface area contributed by atoms with E-state index in [0.717, 1.165) is 32.1 Å². The molecule has 0 spiro atoms. The van der Waals surface area contributed by atoms with E-state index in [1.54, 1.807) is 0 Å². The Labute approximate surface area is 173 Å². The number of rotatable bonds is 6. The van der Waals surface area contributed by atoms with Gasteiger partial charge in [-0.05, 0) is 73.5 Å². The van der Waals surface area contributed by atoms with E-state index in [1.807, 2.05) is 0 Å². The first kappa shape index (κ1) is 22.0. The largest absolute Gasteiger partial charge is 0.481 e. The first-order valence-corrected chi connectivity index (χ1v) is 11.7. The van der Waals surface area contributed by atoms with E-state index in [2.05, 4.69) is 38.2 Å². The third-order valence-electron chi connectivity index (χ3n) is 9.27. The van der Waals surface area contributed by atoms with E-state index in [4.69, 9.17) is 4.43 Å². The summed E-state index contributed by atoms with van der Waals surface area (Å²) in [5.41, 5.74) is -0.182. The zero-order valence-corrected chi connectivity index (χ0v) is 19.0. The Balaban J connectivity index is 1.90. The van der Waals surface area contributed by atoms with Crippen molar-refractivity contribution in [3.63, 3.8) is 0 Å². The fourth-order valence-electron chi connectivity index (χ4n) is 7.46. The molecule has 8 atom stereocenters. The molecule has 3 fully saturated rings. The summed E-state index contributed by atoms with van der Waals surface area (Å²) in [6, 6.07) is 0. The second-order valence-electron chi connectivity index (χ2n) is 10.4. The van der Waals surface area contributed by atoms with Gasteiger partial charge >= 0.3 is 5.97 Å². The van der Waals surface area contributed by atoms with Crippen molar-refractivity contribution in [1.29, 1.82) is 0 Å². The number of fused-ring (bicyclic) bond motifs is 1. The van der Waals surface area contributed by atoms with Gasteiger partial charge in [0.25, 0.3) is 0 Å². The smallest absolute Gasteiger partial charge is 0.303 e. The molecule has 3 saturated carbocycles. The molecule has 5 heteroatoms. The minimum atomic E-state index is -0.709. The van der Waals surface area contributed by atoms with Crippen molar-refractivity contribution < 1.29 is 19.1 Å². The summed E-state index contributed by atoms with van der Waals surface area (Å²) in [6.45, 7) is 9.17. The number of carbonyl (C=O) groups excluding carboxylic acids is 1. The molecular weight excluding hydrogens is 368 g/mol. The fourth-order valence-corrected chi connectivity index (χ4v) is 7.66. The number of carbonyl (C=O) groups is 2. The summed E-state index contributed by atoms with van der Waals surface area (Å²) in [5, 5.41) is 9.73. The molecule has 0 saturated heterocycles. The Morgan fingerprint density at radius 2 is 1.93 bits per heavy atom. The molecule has 0 aromatic heterocycles. The third kappa shape index (κ3) is 3.62. The predicted molar refractivity (Wildman–Crippen MR) is 110 cm³/mol. The van der Waals surface area contributed by atoms with Crippen LogP contribution in [0.25, 0.3) is 0 Å². The van der Waals surface area contributed by atoms with Crippen LogP contribution < -0.4 is 0 Å². The number of hydrogen-bond donors (Lipinski definition) is 1. The van der Waals surface area contributed by atoms with Gasteiger partial charge in [0, 0.05) is 18.3 Å². The zero-order chi connectivity index (χ0) is 20.7. The lowest BCUT2D eigenvalue weighted by Gasteiger charge is -2.55. The number of Topliss-reactive ketones (excluding diaryl/α,β-unsaturated/α-hetero) is 1. The molecule has 0 aromatic rings. The second-order valence-corrected chi connectivity index (χ2v) is 10.6. The van der Waals surface area contributed by atoms with Gasteiger partial charge in [0.2, 0.25) is 10.5 Å². The Hall–Kier alpha value is -0.683. The molecule has 0 unspecified atom stereocenters. The lowest BCUT2D eigenvalue weighted by Crippen LogP contribution is -2.52. The quantitative estimate of drug-likeness (QED) is 0.645. The van der Waals surface area contributed by atoms with Gasteiger partial charge in [-0.1, -0.05) is 34.1 Å². The van der Waals surface area contributed by atoms with Gasteiger partial charge in [0.1, 0.15) is 5.78 Å². The molecule has 0 bridgehead atoms. The molecule has 0 aliphatic heterocycles. The molecule has 157 valence electrons. The summed E-state index contributed by atoms with van der Waals surface area (Å²) < 4.78 is 5.26. The van der Waals surface area contributed by atoms with E-state index < -0.39 is 11.4 Å². The molecule has 3 rings (SSSR count). The van der Waals surface area contributed by atoms with Crippen LogP contribution in [0.2, 0.25) is 0 Å². The van der Waals surface area contributed by atoms with Crippen LogP contribution in [0.15, 0.2) is 0 Å². The van der Waals surface area contributed by atoms with Gasteiger partial charge < -0.3 is 9.53 Å². The number of ketones is 1. The van der Waals surface area contributed by atoms with Crippen LogP contribution in [0.5, 0.6) is 0 Å². The van der Waals surface area contributed by atoms with Crippen molar-refractivity contribution in [3.8, 4) is 0 Å². The highest BCUT2D eigenvalue weighted by atomic mass is 28.2. The normalized spacial score (nSPS) is 44.9. The first-order valence-electron chi connectivity index (χ1n) is 11.2. The van der Waals surface area contributed by atoms with Crippen LogP contribution in [0.3, 0.4) is 0 Å². The number of carboxylic acids is 1. The number of hydrogen-bond acceptors (Lipinski definition) is 3. The van der Waals surface area contributed by atoms with Crippen molar-refractivity contribution in [3.05, 3.63) is 0 Å². The van der Waals surface area contributed by atoms with Crippen molar-refractivity contribution in [2.75, 3.05) is 0 Å². The maximum absolute atomic E-state index is 13.2. The van der Waals surface area contributed by atoms with Gasteiger partial charge in [-0.2, -0.15) is 0 Å². The monoisotopic (exact) mass is 405 g/mol. The van der Waals surface area contributed by atoms with Crippen molar-refractivity contribution in [2.45, 2.75) is 91.6 Å². The number of aliphatic carboxylic acids is 1. The predicted octanol–water partition coefficient (Wildman–Crippen LogP) is 4.79. The van der Waals surface area contributed by atoms with Crippen LogP contribution in [-0.2, 0) is 14.0 Å². The molecule has 3 aliphatic carbocycles. The standard InChI is InChI=1S/C23H37O4Si/c1-5-14(2)17-6-7-18-16(13-21(25)26)19(9-11-22(17,18)3)23(4)10-8-15(27-28)12-20(23)24/h14-19H,5-13H2,1-4H3,(H,25,26)/t14-,15-,16-,17+,18-,19-,22+,23+/m0/s1. The molecule has 1 N–H and O–H groups in total. The van der Waals surface area contributed by atoms with Crippen LogP contribution in [0.4, 0.5) is 0 Å². The van der Waals surface area contributed by atoms with E-state index >= 15 is 0 Å². The topological polar surface area (TPSA) is 63.6 Å². The fraction of sp³-hybridized carbons (Fsp3) is 0.913. The highest BCUT2D eigenvalue weighted by molar-refractivity contribution is 5.98. The van der Waals surface area contributed by atoms with Gasteiger partial charge in [-0.15, -0.1) is 0 Å². The Morgan fingerprint density at radius 3 is 2.50 bits per heavy atom. The van der Waals surface area contributed by atoms with Crippen molar-refractivity contribution in [1.82, 2.24) is 0 Å². The van der Waals surface area contributed by atoms with E-state index in [-0.39, 0.29) is 35.6 Å². The Bertz CT molecular complexity index is 607. The molecule has 4 nitrogen and oxygen atoms in total. The van der Waals surface area contributed by atoms with Crippen LogP contribution >= 0.6 is 0 Å². The third-order valence-corrected chi connectivity index (χ3v) is 9.61. The molecular formula is C23H37O4Si. The summed E-state index contributed by atoms with van der Waals surface area (Å²) in [6.07, 6.45) is 7.90. The molecule has 0 amide bonds. The minimum absolute atomic E-state index is 0.0507. The molecule has 0 heterocycles. The number of carboxylic acid groups (broad SMARTS) is 1. The lowest BCUT2D eigenvalue weighted by molar-refractivity contribution is -0.151. The Morgan fingerprint density at radius 1 is 1.21 bits per heavy atom. The second kappa shape index (κ2) is 8.21. The zero-order valence-electron chi connectivity index (χ0n) is 18.0. The van der Waals surface area contributed by atoms with Crippen LogP contribution in [0, 0.1) is 40.4 Å². The summed E-state index contributed by atoms with van der Waals surface area (Å²) >= 11 is 0. The van der Waals surface area contributed by atoms with Gasteiger partial charge in [0.05, 0.1) is 6.10 Å². The van der Waals surface area contributed by atoms with Crippen molar-refractivity contribution >= 4 is 22.2 Å². The average molecular weight is 406 g/mol. The Kier molecular flexibility index (Phi) is 6.46. The molecule has 3 aliphatic rings. The highest BCUT2D eigenvalue weighted by Gasteiger charge is 2.59. The maximum atomic E-state index is 13.2. The molecule has 0 aromatic carbocycles. The van der Waals surface area contributed by atoms with Gasteiger partial charge in [-0.3, -0.25) is 9.59 Å². The van der Waals surface area contributed by atoms with Crippen LogP contribution in [0.1, 0.15) is 85.5 Å². The summed E-state index contributed by atoms with van der Waals surface area (Å²) in [4.78, 5) is 25.0. The highest BCUT2D eigenvalue weighted by Crippen LogP contribution is 2.64. The molecule has 3 radical (unpaired) electrons. The van der Waals surface area contributed by atoms with E-state index in [0.29, 0.717) is 24.2 Å². The SMILES string of the molecule is CC[C@H](C)[C@H]1CC[C@H]2[C@H](CC(=O)O)[C@@H]([C@@]3(C)CC[C@H](O[Si])CC3=O)CC[C@]12C. The van der Waals surface area contributed by atoms with Crippen molar-refractivity contribution in [2.24, 2.45) is 40.4 Å². The van der Waals surface area contributed by atoms with Gasteiger partial charge in [0.15, 0.2) is 0 Å². The van der Waals surface area contributed by atoms with Crippen LogP contribution in [-0.4, -0.2) is 33.4 Å². The van der Waals surface area contributed by atoms with E-state index in [1.165, 1.54) is 12.8 Å².